The van der Waals surface area contributed by atoms with Crippen molar-refractivity contribution in [3.8, 4) is 5.69 Å². The van der Waals surface area contributed by atoms with Crippen molar-refractivity contribution in [2.45, 2.75) is 25.4 Å². The van der Waals surface area contributed by atoms with E-state index >= 15 is 0 Å². The van der Waals surface area contributed by atoms with Crippen LogP contribution in [0.1, 0.15) is 17.5 Å². The number of likely N-dealkylation sites (N-methyl/N-ethyl adjacent to an activating group) is 2. The van der Waals surface area contributed by atoms with Crippen molar-refractivity contribution in [2.24, 2.45) is 0 Å². The second-order valence-corrected chi connectivity index (χ2v) is 9.49. The van der Waals surface area contributed by atoms with Crippen molar-refractivity contribution >= 4 is 16.8 Å². The molecule has 1 unspecified atom stereocenters. The van der Waals surface area contributed by atoms with E-state index in [4.69, 9.17) is 0 Å². The lowest BCUT2D eigenvalue weighted by Crippen LogP contribution is -2.57. The topological polar surface area (TPSA) is 73.3 Å². The number of piperazine rings is 1. The number of benzene rings is 2. The van der Waals surface area contributed by atoms with Gasteiger partial charge in [-0.3, -0.25) is 19.2 Å². The molecule has 0 radical (unpaired) electrons. The molecule has 8 heteroatoms. The van der Waals surface area contributed by atoms with Gasteiger partial charge in [-0.2, -0.15) is 0 Å². The van der Waals surface area contributed by atoms with E-state index in [-0.39, 0.29) is 11.9 Å². The molecular weight excluding hydrogens is 438 g/mol. The van der Waals surface area contributed by atoms with Crippen molar-refractivity contribution in [3.63, 3.8) is 0 Å². The molecule has 2 aromatic heterocycles. The highest BCUT2D eigenvalue weighted by atomic mass is 16.2. The minimum atomic E-state index is -0.100. The summed E-state index contributed by atoms with van der Waals surface area (Å²) in [5.74, 6) is 0.194. The van der Waals surface area contributed by atoms with Crippen molar-refractivity contribution in [1.82, 2.24) is 34.4 Å². The highest BCUT2D eigenvalue weighted by molar-refractivity contribution is 5.85. The molecule has 35 heavy (non-hydrogen) atoms. The van der Waals surface area contributed by atoms with Gasteiger partial charge in [0.15, 0.2) is 0 Å². The van der Waals surface area contributed by atoms with Gasteiger partial charge in [-0.15, -0.1) is 10.2 Å². The second kappa shape index (κ2) is 10.4. The van der Waals surface area contributed by atoms with Crippen LogP contribution in [0.2, 0.25) is 0 Å². The molecule has 4 aromatic rings. The van der Waals surface area contributed by atoms with Gasteiger partial charge < -0.3 is 9.88 Å². The van der Waals surface area contributed by atoms with E-state index in [0.29, 0.717) is 6.54 Å². The Bertz CT molecular complexity index is 1250. The van der Waals surface area contributed by atoms with E-state index in [1.54, 1.807) is 12.7 Å². The fourth-order valence-corrected chi connectivity index (χ4v) is 4.95. The van der Waals surface area contributed by atoms with Crippen LogP contribution in [-0.4, -0.2) is 86.7 Å². The zero-order chi connectivity index (χ0) is 24.2. The summed E-state index contributed by atoms with van der Waals surface area (Å²) in [6.07, 6.45) is 7.60. The van der Waals surface area contributed by atoms with Gasteiger partial charge in [0.25, 0.3) is 0 Å². The minimum absolute atomic E-state index is 0.100. The molecular formula is C27H33N7O. The molecule has 0 spiro atoms. The fraction of sp³-hybridized carbons (Fsp3) is 0.370. The molecule has 0 bridgehead atoms. The number of H-pyrrole nitrogens is 1. The van der Waals surface area contributed by atoms with Crippen LogP contribution in [0, 0.1) is 0 Å². The van der Waals surface area contributed by atoms with E-state index < -0.39 is 0 Å². The average molecular weight is 472 g/mol. The van der Waals surface area contributed by atoms with Crippen LogP contribution in [0.5, 0.6) is 0 Å². The molecule has 8 nitrogen and oxygen atoms in total. The van der Waals surface area contributed by atoms with Gasteiger partial charge in [0, 0.05) is 56.0 Å². The summed E-state index contributed by atoms with van der Waals surface area (Å²) in [6.45, 7) is 4.30. The number of nitrogens with zero attached hydrogens (tertiary/aromatic N) is 6. The van der Waals surface area contributed by atoms with Gasteiger partial charge in [-0.1, -0.05) is 30.3 Å². The third kappa shape index (κ3) is 5.28. The summed E-state index contributed by atoms with van der Waals surface area (Å²) in [6, 6.07) is 16.5. The maximum Gasteiger partial charge on any atom is 0.241 e. The van der Waals surface area contributed by atoms with Crippen LogP contribution in [0.15, 0.2) is 67.4 Å². The van der Waals surface area contributed by atoms with Crippen LogP contribution < -0.4 is 0 Å². The Balaban J connectivity index is 1.18. The van der Waals surface area contributed by atoms with Crippen molar-refractivity contribution in [1.29, 1.82) is 0 Å². The number of aromatic amines is 1. The van der Waals surface area contributed by atoms with Crippen molar-refractivity contribution in [2.75, 3.05) is 40.3 Å². The van der Waals surface area contributed by atoms with Crippen LogP contribution >= 0.6 is 0 Å². The molecule has 0 saturated carbocycles. The Morgan fingerprint density at radius 2 is 1.91 bits per heavy atom. The lowest BCUT2D eigenvalue weighted by molar-refractivity contribution is -0.138. The molecule has 1 amide bonds. The van der Waals surface area contributed by atoms with E-state index in [2.05, 4.69) is 68.6 Å². The van der Waals surface area contributed by atoms with Crippen LogP contribution in [0.3, 0.4) is 0 Å². The molecule has 1 aliphatic heterocycles. The first-order valence-electron chi connectivity index (χ1n) is 12.2. The summed E-state index contributed by atoms with van der Waals surface area (Å²) in [5.41, 5.74) is 4.68. The Labute approximate surface area is 206 Å². The largest absolute Gasteiger partial charge is 0.361 e. The van der Waals surface area contributed by atoms with Gasteiger partial charge >= 0.3 is 0 Å². The highest BCUT2D eigenvalue weighted by Crippen LogP contribution is 2.23. The zero-order valence-corrected chi connectivity index (χ0v) is 20.5. The Morgan fingerprint density at radius 1 is 1.11 bits per heavy atom. The molecule has 3 heterocycles. The number of carbonyl (C=O) groups excluding carboxylic acids is 1. The number of carbonyl (C=O) groups is 1. The van der Waals surface area contributed by atoms with E-state index in [9.17, 15) is 4.79 Å². The Hall–Kier alpha value is -3.49. The SMILES string of the molecule is CN(Cc1ccccc1)C(=O)C1CN(CCCc2c[nH]c3ccc(-n4cnnc4)cc23)CCN1C. The molecule has 1 fully saturated rings. The number of hydrogen-bond acceptors (Lipinski definition) is 5. The minimum Gasteiger partial charge on any atom is -0.361 e. The normalized spacial score (nSPS) is 17.1. The number of hydrogen-bond donors (Lipinski definition) is 1. The molecule has 1 N–H and O–H groups in total. The average Bonchev–Trinajstić information content (AvgIpc) is 3.55. The molecule has 182 valence electrons. The summed E-state index contributed by atoms with van der Waals surface area (Å²) in [5, 5.41) is 9.07. The monoisotopic (exact) mass is 471 g/mol. The third-order valence-electron chi connectivity index (χ3n) is 7.04. The summed E-state index contributed by atoms with van der Waals surface area (Å²) >= 11 is 0. The molecule has 1 aliphatic rings. The predicted octanol–water partition coefficient (Wildman–Crippen LogP) is 2.96. The fourth-order valence-electron chi connectivity index (χ4n) is 4.95. The second-order valence-electron chi connectivity index (χ2n) is 9.49. The number of aromatic nitrogens is 4. The van der Waals surface area contributed by atoms with Gasteiger partial charge in [-0.05, 0) is 55.8 Å². The standard InChI is InChI=1S/C27H33N7O/c1-31-13-14-33(18-26(31)27(35)32(2)17-21-7-4-3-5-8-21)12-6-9-22-16-28-25-11-10-23(15-24(22)25)34-19-29-30-20-34/h3-5,7-8,10-11,15-16,19-20,26,28H,6,9,12-14,17-18H2,1-2H3. The van der Waals surface area contributed by atoms with E-state index in [1.165, 1.54) is 10.9 Å². The van der Waals surface area contributed by atoms with Gasteiger partial charge in [0.05, 0.1) is 0 Å². The first-order valence-corrected chi connectivity index (χ1v) is 12.2. The van der Waals surface area contributed by atoms with Crippen molar-refractivity contribution in [3.05, 3.63) is 78.5 Å². The Morgan fingerprint density at radius 3 is 2.71 bits per heavy atom. The molecule has 1 saturated heterocycles. The van der Waals surface area contributed by atoms with Gasteiger partial charge in [0.2, 0.25) is 5.91 Å². The van der Waals surface area contributed by atoms with Crippen LogP contribution in [-0.2, 0) is 17.8 Å². The smallest absolute Gasteiger partial charge is 0.241 e. The van der Waals surface area contributed by atoms with Gasteiger partial charge in [0.1, 0.15) is 18.7 Å². The third-order valence-corrected chi connectivity index (χ3v) is 7.04. The van der Waals surface area contributed by atoms with E-state index in [0.717, 1.165) is 55.8 Å². The number of rotatable bonds is 8. The van der Waals surface area contributed by atoms with Crippen molar-refractivity contribution < 1.29 is 4.79 Å². The highest BCUT2D eigenvalue weighted by Gasteiger charge is 2.31. The molecule has 0 aliphatic carbocycles. The number of fused-ring (bicyclic) bond motifs is 1. The number of nitrogens with one attached hydrogen (secondary N) is 1. The summed E-state index contributed by atoms with van der Waals surface area (Å²) in [7, 11) is 3.98. The van der Waals surface area contributed by atoms with E-state index in [1.807, 2.05) is 34.7 Å². The first-order chi connectivity index (χ1) is 17.1. The maximum atomic E-state index is 13.2. The van der Waals surface area contributed by atoms with Crippen LogP contribution in [0.4, 0.5) is 0 Å². The van der Waals surface area contributed by atoms with Gasteiger partial charge in [-0.25, -0.2) is 0 Å². The molecule has 2 aromatic carbocycles. The summed E-state index contributed by atoms with van der Waals surface area (Å²) < 4.78 is 1.92. The number of aryl methyl sites for hydroxylation is 1. The molecule has 1 atom stereocenters. The number of amides is 1. The maximum absolute atomic E-state index is 13.2. The predicted molar refractivity (Wildman–Crippen MR) is 137 cm³/mol. The zero-order valence-electron chi connectivity index (χ0n) is 20.5. The van der Waals surface area contributed by atoms with Crippen LogP contribution in [0.25, 0.3) is 16.6 Å². The lowest BCUT2D eigenvalue weighted by Gasteiger charge is -2.40. The molecule has 5 rings (SSSR count). The Kier molecular flexibility index (Phi) is 6.92. The first kappa shape index (κ1) is 23.3. The summed E-state index contributed by atoms with van der Waals surface area (Å²) in [4.78, 5) is 23.1. The lowest BCUT2D eigenvalue weighted by atomic mass is 10.1. The quantitative estimate of drug-likeness (QED) is 0.428.